The molecule has 0 saturated carbocycles. The van der Waals surface area contributed by atoms with Crippen molar-refractivity contribution in [1.29, 1.82) is 0 Å². The number of nitrogens with zero attached hydrogens (tertiary/aromatic N) is 3. The van der Waals surface area contributed by atoms with Crippen LogP contribution in [0.5, 0.6) is 0 Å². The summed E-state index contributed by atoms with van der Waals surface area (Å²) >= 11 is 0. The van der Waals surface area contributed by atoms with Crippen LogP contribution in [0, 0.1) is 0 Å². The van der Waals surface area contributed by atoms with Crippen molar-refractivity contribution in [2.75, 3.05) is 0 Å². The van der Waals surface area contributed by atoms with E-state index in [0.29, 0.717) is 0 Å². The quantitative estimate of drug-likeness (QED) is 0.169. The lowest BCUT2D eigenvalue weighted by atomic mass is 9.99. The zero-order valence-corrected chi connectivity index (χ0v) is 30.1. The molecule has 0 atom stereocenters. The van der Waals surface area contributed by atoms with E-state index >= 15 is 0 Å². The van der Waals surface area contributed by atoms with Gasteiger partial charge >= 0.3 is 0 Å². The highest BCUT2D eigenvalue weighted by Crippen LogP contribution is 2.38. The Morgan fingerprint density at radius 1 is 0.423 bits per heavy atom. The summed E-state index contributed by atoms with van der Waals surface area (Å²) in [5, 5.41) is 5.22. The predicted molar refractivity (Wildman–Crippen MR) is 220 cm³/mol. The number of fused-ring (bicyclic) bond motifs is 6. The molecule has 0 bridgehead atoms. The Kier molecular flexibility index (Phi) is 6.95. The lowest BCUT2D eigenvalue weighted by Gasteiger charge is -2.21. The van der Waals surface area contributed by atoms with Crippen LogP contribution in [0.4, 0.5) is 0 Å². The molecule has 9 aromatic rings. The summed E-state index contributed by atoms with van der Waals surface area (Å²) in [4.78, 5) is 10.8. The summed E-state index contributed by atoms with van der Waals surface area (Å²) in [5.74, 6) is 0.759. The second-order valence-electron chi connectivity index (χ2n) is 14.2. The van der Waals surface area contributed by atoms with Gasteiger partial charge in [-0.2, -0.15) is 0 Å². The Bertz CT molecular complexity index is 2800. The standard InChI is InChI=1S/C48H35N3Si/c1-52(2)44-24-13-12-23-39(44)46-47(52)45(33-17-8-4-9-18-33)49-48(50-46)37-20-14-19-34(29-37)36-26-28-43-41(31-36)40-30-35(32-15-6-3-7-16-32)25-27-42(40)51(43)38-21-10-5-11-22-38/h3-31H,1-2H3. The van der Waals surface area contributed by atoms with Gasteiger partial charge in [0, 0.05) is 27.6 Å². The monoisotopic (exact) mass is 681 g/mol. The topological polar surface area (TPSA) is 30.7 Å². The summed E-state index contributed by atoms with van der Waals surface area (Å²) < 4.78 is 2.38. The maximum atomic E-state index is 5.38. The van der Waals surface area contributed by atoms with Gasteiger partial charge in [-0.3, -0.25) is 0 Å². The van der Waals surface area contributed by atoms with Gasteiger partial charge in [-0.15, -0.1) is 0 Å². The first-order chi connectivity index (χ1) is 25.5. The van der Waals surface area contributed by atoms with E-state index in [4.69, 9.17) is 9.97 Å². The van der Waals surface area contributed by atoms with E-state index < -0.39 is 8.07 Å². The molecular weight excluding hydrogens is 647 g/mol. The molecule has 1 aliphatic rings. The highest BCUT2D eigenvalue weighted by Gasteiger charge is 2.41. The van der Waals surface area contributed by atoms with Gasteiger partial charge in [0.15, 0.2) is 5.82 Å². The third kappa shape index (κ3) is 4.79. The van der Waals surface area contributed by atoms with Crippen molar-refractivity contribution in [2.45, 2.75) is 13.1 Å². The van der Waals surface area contributed by atoms with Crippen molar-refractivity contribution >= 4 is 40.3 Å². The first-order valence-corrected chi connectivity index (χ1v) is 20.9. The van der Waals surface area contributed by atoms with E-state index in [1.54, 1.807) is 0 Å². The zero-order chi connectivity index (χ0) is 34.8. The maximum Gasteiger partial charge on any atom is 0.160 e. The van der Waals surface area contributed by atoms with Crippen LogP contribution in [0.2, 0.25) is 13.1 Å². The molecule has 3 nitrogen and oxygen atoms in total. The Labute approximate surface area is 304 Å². The molecule has 0 amide bonds. The summed E-state index contributed by atoms with van der Waals surface area (Å²) in [6.45, 7) is 4.86. The molecule has 246 valence electrons. The van der Waals surface area contributed by atoms with Crippen molar-refractivity contribution in [1.82, 2.24) is 14.5 Å². The van der Waals surface area contributed by atoms with Gasteiger partial charge in [-0.05, 0) is 80.7 Å². The minimum Gasteiger partial charge on any atom is -0.309 e. The first-order valence-electron chi connectivity index (χ1n) is 17.9. The van der Waals surface area contributed by atoms with Crippen LogP contribution in [-0.4, -0.2) is 22.6 Å². The minimum atomic E-state index is -2.02. The molecule has 0 aliphatic carbocycles. The molecule has 52 heavy (non-hydrogen) atoms. The largest absolute Gasteiger partial charge is 0.309 e. The molecule has 0 saturated heterocycles. The predicted octanol–water partition coefficient (Wildman–Crippen LogP) is 11.0. The Morgan fingerprint density at radius 2 is 0.942 bits per heavy atom. The number of aromatic nitrogens is 3. The van der Waals surface area contributed by atoms with E-state index in [1.807, 2.05) is 0 Å². The fraction of sp³-hybridized carbons (Fsp3) is 0.0417. The molecule has 3 heterocycles. The van der Waals surface area contributed by atoms with Crippen molar-refractivity contribution in [3.05, 3.63) is 176 Å². The lowest BCUT2D eigenvalue weighted by molar-refractivity contribution is 1.18. The van der Waals surface area contributed by atoms with Gasteiger partial charge in [0.05, 0.1) is 22.4 Å². The van der Waals surface area contributed by atoms with E-state index in [1.165, 1.54) is 48.9 Å². The molecular formula is C48H35N3Si. The fourth-order valence-corrected chi connectivity index (χ4v) is 11.5. The molecule has 7 aromatic carbocycles. The summed E-state index contributed by atoms with van der Waals surface area (Å²) in [6.07, 6.45) is 0. The van der Waals surface area contributed by atoms with Crippen molar-refractivity contribution in [2.24, 2.45) is 0 Å². The van der Waals surface area contributed by atoms with Crippen molar-refractivity contribution in [3.63, 3.8) is 0 Å². The SMILES string of the molecule is C[Si]1(C)c2ccccc2-c2nc(-c3cccc(-c4ccc5c(c4)c4cc(-c6ccccc6)ccc4n5-c4ccccc4)c3)nc(-c3ccccc3)c21. The first kappa shape index (κ1) is 30.5. The van der Waals surface area contributed by atoms with Crippen LogP contribution >= 0.6 is 0 Å². The van der Waals surface area contributed by atoms with Crippen LogP contribution in [0.3, 0.4) is 0 Å². The molecule has 2 aromatic heterocycles. The van der Waals surface area contributed by atoms with Gasteiger partial charge in [0.25, 0.3) is 0 Å². The van der Waals surface area contributed by atoms with Crippen molar-refractivity contribution < 1.29 is 0 Å². The summed E-state index contributed by atoms with van der Waals surface area (Å²) in [5.41, 5.74) is 13.8. The average molecular weight is 682 g/mol. The molecule has 0 radical (unpaired) electrons. The molecule has 0 N–H and O–H groups in total. The van der Waals surface area contributed by atoms with E-state index in [2.05, 4.69) is 194 Å². The van der Waals surface area contributed by atoms with Gasteiger partial charge in [-0.25, -0.2) is 9.97 Å². The molecule has 0 spiro atoms. The van der Waals surface area contributed by atoms with E-state index in [9.17, 15) is 0 Å². The van der Waals surface area contributed by atoms with Gasteiger partial charge in [0.1, 0.15) is 8.07 Å². The highest BCUT2D eigenvalue weighted by molar-refractivity contribution is 7.04. The second-order valence-corrected chi connectivity index (χ2v) is 18.5. The number of rotatable bonds is 5. The Balaban J connectivity index is 1.15. The molecule has 0 unspecified atom stereocenters. The van der Waals surface area contributed by atoms with Crippen LogP contribution in [0.1, 0.15) is 0 Å². The maximum absolute atomic E-state index is 5.38. The molecule has 1 aliphatic heterocycles. The van der Waals surface area contributed by atoms with Gasteiger partial charge in [-0.1, -0.05) is 147 Å². The van der Waals surface area contributed by atoms with Crippen LogP contribution in [0.25, 0.3) is 83.6 Å². The molecule has 0 fully saturated rings. The van der Waals surface area contributed by atoms with Gasteiger partial charge in [0.2, 0.25) is 0 Å². The Morgan fingerprint density at radius 3 is 1.63 bits per heavy atom. The fourth-order valence-electron chi connectivity index (χ4n) is 8.26. The third-order valence-corrected chi connectivity index (χ3v) is 14.3. The van der Waals surface area contributed by atoms with Crippen molar-refractivity contribution in [3.8, 4) is 61.8 Å². The zero-order valence-electron chi connectivity index (χ0n) is 29.1. The highest BCUT2D eigenvalue weighted by atomic mass is 28.3. The second kappa shape index (κ2) is 11.9. The minimum absolute atomic E-state index is 0.759. The van der Waals surface area contributed by atoms with Crippen LogP contribution in [0.15, 0.2) is 176 Å². The molecule has 10 rings (SSSR count). The Hall–Kier alpha value is -6.36. The number of hydrogen-bond donors (Lipinski definition) is 0. The smallest absolute Gasteiger partial charge is 0.160 e. The number of hydrogen-bond acceptors (Lipinski definition) is 2. The van der Waals surface area contributed by atoms with Crippen LogP contribution in [-0.2, 0) is 0 Å². The van der Waals surface area contributed by atoms with E-state index in [-0.39, 0.29) is 0 Å². The average Bonchev–Trinajstić information content (AvgIpc) is 3.66. The molecule has 4 heteroatoms. The lowest BCUT2D eigenvalue weighted by Crippen LogP contribution is -2.50. The summed E-state index contributed by atoms with van der Waals surface area (Å²) in [6, 6.07) is 63.3. The van der Waals surface area contributed by atoms with Crippen LogP contribution < -0.4 is 10.4 Å². The number of benzene rings is 7. The number of para-hydroxylation sites is 1. The van der Waals surface area contributed by atoms with E-state index in [0.717, 1.165) is 45.2 Å². The summed E-state index contributed by atoms with van der Waals surface area (Å²) in [7, 11) is -2.02. The van der Waals surface area contributed by atoms with Gasteiger partial charge < -0.3 is 4.57 Å². The third-order valence-electron chi connectivity index (χ3n) is 10.8. The normalized spacial score (nSPS) is 13.0.